The summed E-state index contributed by atoms with van der Waals surface area (Å²) in [5, 5.41) is 6.97. The van der Waals surface area contributed by atoms with Gasteiger partial charge in [-0.05, 0) is 43.2 Å². The Hall–Kier alpha value is -3.88. The topological polar surface area (TPSA) is 107 Å². The summed E-state index contributed by atoms with van der Waals surface area (Å²) >= 11 is 0. The number of rotatable bonds is 7. The molecular weight excluding hydrogens is 436 g/mol. The molecule has 1 aliphatic rings. The van der Waals surface area contributed by atoms with Gasteiger partial charge in [0.1, 0.15) is 0 Å². The van der Waals surface area contributed by atoms with E-state index in [1.54, 1.807) is 44.2 Å². The van der Waals surface area contributed by atoms with E-state index < -0.39 is 0 Å². The van der Waals surface area contributed by atoms with E-state index in [0.29, 0.717) is 54.0 Å². The van der Waals surface area contributed by atoms with E-state index in [9.17, 15) is 9.59 Å². The van der Waals surface area contributed by atoms with Gasteiger partial charge in [-0.25, -0.2) is 0 Å². The van der Waals surface area contributed by atoms with Crippen LogP contribution in [0, 0.1) is 0 Å². The van der Waals surface area contributed by atoms with Crippen molar-refractivity contribution in [2.24, 2.45) is 0 Å². The zero-order valence-electron chi connectivity index (χ0n) is 19.5. The molecule has 1 aromatic heterocycles. The van der Waals surface area contributed by atoms with E-state index in [0.717, 1.165) is 18.4 Å². The number of nitrogens with one attached hydrogen (secondary N) is 1. The number of carbonyl (C=O) groups is 2. The number of amides is 2. The van der Waals surface area contributed by atoms with Crippen LogP contribution >= 0.6 is 0 Å². The first kappa shape index (κ1) is 23.3. The molecule has 0 unspecified atom stereocenters. The second kappa shape index (κ2) is 10.4. The molecule has 0 spiro atoms. The summed E-state index contributed by atoms with van der Waals surface area (Å²) in [7, 11) is 3.11. The number of carbonyl (C=O) groups excluding carboxylic acids is 2. The number of likely N-dealkylation sites (tertiary alicyclic amines) is 1. The van der Waals surface area contributed by atoms with Crippen molar-refractivity contribution in [2.45, 2.75) is 32.1 Å². The summed E-state index contributed by atoms with van der Waals surface area (Å²) in [5.74, 6) is 1.85. The Kier molecular flexibility index (Phi) is 7.10. The minimum atomic E-state index is -0.0789. The molecule has 0 saturated carbocycles. The second-order valence-electron chi connectivity index (χ2n) is 8.10. The number of aromatic nitrogens is 2. The van der Waals surface area contributed by atoms with Gasteiger partial charge < -0.3 is 24.2 Å². The highest BCUT2D eigenvalue weighted by Gasteiger charge is 2.29. The van der Waals surface area contributed by atoms with Crippen molar-refractivity contribution in [3.8, 4) is 22.9 Å². The summed E-state index contributed by atoms with van der Waals surface area (Å²) in [6.07, 6.45) is 2.08. The number of hydrogen-bond acceptors (Lipinski definition) is 7. The van der Waals surface area contributed by atoms with E-state index in [1.807, 2.05) is 24.3 Å². The van der Waals surface area contributed by atoms with Gasteiger partial charge in [0.15, 0.2) is 11.5 Å². The van der Waals surface area contributed by atoms with Crippen LogP contribution in [0.15, 0.2) is 47.0 Å². The molecule has 1 fully saturated rings. The molecule has 9 heteroatoms. The first-order valence-electron chi connectivity index (χ1n) is 11.3. The summed E-state index contributed by atoms with van der Waals surface area (Å²) in [4.78, 5) is 31.2. The number of piperidine rings is 1. The van der Waals surface area contributed by atoms with Gasteiger partial charge in [-0.1, -0.05) is 24.2 Å². The molecule has 2 amide bonds. The molecule has 34 heavy (non-hydrogen) atoms. The number of anilines is 1. The number of nitrogens with zero attached hydrogens (tertiary/aromatic N) is 3. The Balaban J connectivity index is 1.48. The first-order chi connectivity index (χ1) is 16.5. The Morgan fingerprint density at radius 1 is 1.15 bits per heavy atom. The maximum atomic E-state index is 13.1. The lowest BCUT2D eigenvalue weighted by atomic mass is 9.97. The molecule has 1 N–H and O–H groups in total. The van der Waals surface area contributed by atoms with Crippen LogP contribution in [0.4, 0.5) is 5.69 Å². The van der Waals surface area contributed by atoms with Gasteiger partial charge in [0.2, 0.25) is 17.6 Å². The Morgan fingerprint density at radius 3 is 2.74 bits per heavy atom. The first-order valence-corrected chi connectivity index (χ1v) is 11.3. The van der Waals surface area contributed by atoms with Gasteiger partial charge in [-0.2, -0.15) is 4.98 Å². The zero-order valence-corrected chi connectivity index (χ0v) is 19.5. The highest BCUT2D eigenvalue weighted by Crippen LogP contribution is 2.31. The lowest BCUT2D eigenvalue weighted by Gasteiger charge is -2.31. The van der Waals surface area contributed by atoms with Crippen molar-refractivity contribution in [2.75, 3.05) is 32.6 Å². The fourth-order valence-electron chi connectivity index (χ4n) is 4.02. The third-order valence-electron chi connectivity index (χ3n) is 5.86. The summed E-state index contributed by atoms with van der Waals surface area (Å²) in [6, 6.07) is 12.5. The third-order valence-corrected chi connectivity index (χ3v) is 5.86. The van der Waals surface area contributed by atoms with Crippen LogP contribution < -0.4 is 14.8 Å². The van der Waals surface area contributed by atoms with Crippen LogP contribution in [-0.2, 0) is 4.79 Å². The minimum absolute atomic E-state index is 0.0536. The van der Waals surface area contributed by atoms with E-state index in [1.165, 1.54) is 0 Å². The minimum Gasteiger partial charge on any atom is -0.493 e. The number of benzene rings is 2. The van der Waals surface area contributed by atoms with Crippen LogP contribution in [0.2, 0.25) is 0 Å². The summed E-state index contributed by atoms with van der Waals surface area (Å²) in [5.41, 5.74) is 1.97. The fourth-order valence-corrected chi connectivity index (χ4v) is 4.02. The van der Waals surface area contributed by atoms with Crippen LogP contribution in [0.3, 0.4) is 0 Å². The number of ether oxygens (including phenoxy) is 2. The van der Waals surface area contributed by atoms with Gasteiger partial charge >= 0.3 is 0 Å². The molecule has 1 saturated heterocycles. The lowest BCUT2D eigenvalue weighted by molar-refractivity contribution is -0.115. The SMILES string of the molecule is CCC(=O)Nc1cccc(-c2noc([C@H]3CCCN(C(=O)c4ccc(OC)c(OC)c4)C3)n2)c1. The largest absolute Gasteiger partial charge is 0.493 e. The molecule has 1 aliphatic heterocycles. The molecule has 3 aromatic rings. The highest BCUT2D eigenvalue weighted by molar-refractivity contribution is 5.95. The number of methoxy groups -OCH3 is 2. The molecule has 1 atom stereocenters. The molecule has 2 heterocycles. The zero-order chi connectivity index (χ0) is 24.1. The van der Waals surface area contributed by atoms with E-state index in [2.05, 4.69) is 15.5 Å². The third kappa shape index (κ3) is 5.03. The lowest BCUT2D eigenvalue weighted by Crippen LogP contribution is -2.39. The molecule has 178 valence electrons. The fraction of sp³-hybridized carbons (Fsp3) is 0.360. The van der Waals surface area contributed by atoms with Crippen LogP contribution in [0.25, 0.3) is 11.4 Å². The Labute approximate surface area is 198 Å². The van der Waals surface area contributed by atoms with Crippen molar-refractivity contribution < 1.29 is 23.6 Å². The predicted octanol–water partition coefficient (Wildman–Crippen LogP) is 4.12. The molecule has 4 rings (SSSR count). The van der Waals surface area contributed by atoms with E-state index in [-0.39, 0.29) is 17.7 Å². The average molecular weight is 465 g/mol. The molecule has 9 nitrogen and oxygen atoms in total. The normalized spacial score (nSPS) is 15.6. The standard InChI is InChI=1S/C25H28N4O5/c1-4-22(30)26-19-9-5-7-16(13-19)23-27-24(34-28-23)18-8-6-12-29(15-18)25(31)17-10-11-20(32-2)21(14-17)33-3/h5,7,9-11,13-14,18H,4,6,8,12,15H2,1-3H3,(H,26,30)/t18-/m0/s1. The monoisotopic (exact) mass is 464 g/mol. The van der Waals surface area contributed by atoms with Gasteiger partial charge in [0.25, 0.3) is 5.91 Å². The van der Waals surface area contributed by atoms with Crippen molar-refractivity contribution in [3.05, 3.63) is 53.9 Å². The van der Waals surface area contributed by atoms with Gasteiger partial charge in [0.05, 0.1) is 20.1 Å². The van der Waals surface area contributed by atoms with Crippen molar-refractivity contribution in [1.82, 2.24) is 15.0 Å². The molecule has 0 aliphatic carbocycles. The molecular formula is C25H28N4O5. The van der Waals surface area contributed by atoms with Gasteiger partial charge in [0, 0.05) is 36.3 Å². The maximum Gasteiger partial charge on any atom is 0.254 e. The Bertz CT molecular complexity index is 1180. The van der Waals surface area contributed by atoms with Gasteiger partial charge in [-0.3, -0.25) is 9.59 Å². The second-order valence-corrected chi connectivity index (χ2v) is 8.10. The van der Waals surface area contributed by atoms with Crippen molar-refractivity contribution in [3.63, 3.8) is 0 Å². The smallest absolute Gasteiger partial charge is 0.254 e. The van der Waals surface area contributed by atoms with Crippen molar-refractivity contribution in [1.29, 1.82) is 0 Å². The van der Waals surface area contributed by atoms with E-state index in [4.69, 9.17) is 14.0 Å². The summed E-state index contributed by atoms with van der Waals surface area (Å²) < 4.78 is 16.2. The number of hydrogen-bond donors (Lipinski definition) is 1. The van der Waals surface area contributed by atoms with E-state index >= 15 is 0 Å². The van der Waals surface area contributed by atoms with Crippen molar-refractivity contribution >= 4 is 17.5 Å². The Morgan fingerprint density at radius 2 is 1.97 bits per heavy atom. The van der Waals surface area contributed by atoms with Crippen LogP contribution in [-0.4, -0.2) is 54.2 Å². The van der Waals surface area contributed by atoms with Crippen LogP contribution in [0.1, 0.15) is 48.4 Å². The quantitative estimate of drug-likeness (QED) is 0.560. The van der Waals surface area contributed by atoms with Gasteiger partial charge in [-0.15, -0.1) is 0 Å². The summed E-state index contributed by atoms with van der Waals surface area (Å²) in [6.45, 7) is 2.94. The predicted molar refractivity (Wildman–Crippen MR) is 126 cm³/mol. The maximum absolute atomic E-state index is 13.1. The highest BCUT2D eigenvalue weighted by atomic mass is 16.5. The molecule has 0 bridgehead atoms. The average Bonchev–Trinajstić information content (AvgIpc) is 3.38. The van der Waals surface area contributed by atoms with Crippen LogP contribution in [0.5, 0.6) is 11.5 Å². The molecule has 0 radical (unpaired) electrons. The molecule has 2 aromatic carbocycles.